The second-order valence-electron chi connectivity index (χ2n) is 10.9. The van der Waals surface area contributed by atoms with Crippen LogP contribution < -0.4 is 4.90 Å². The van der Waals surface area contributed by atoms with Crippen molar-refractivity contribution in [1.29, 1.82) is 5.26 Å². The van der Waals surface area contributed by atoms with Gasteiger partial charge in [-0.05, 0) is 54.0 Å². The topological polar surface area (TPSA) is 73.6 Å². The standard InChI is InChI=1S/C26H29Cl2N3O3Si/c1-25(2,3)35(4,5)34-22-14-26(13-17-6-8-18(15-29)9-7-17)23(32)31(24(33)30(26)16-22)21-11-19(27)10-20(28)12-21/h6-12,22H,13-14,16H2,1-5H3. The van der Waals surface area contributed by atoms with Crippen LogP contribution in [0.15, 0.2) is 42.5 Å². The average Bonchev–Trinajstić information content (AvgIpc) is 3.19. The molecule has 2 aliphatic rings. The minimum Gasteiger partial charge on any atom is -0.412 e. The first-order valence-corrected chi connectivity index (χ1v) is 15.2. The number of carbonyl (C=O) groups is 2. The third-order valence-electron chi connectivity index (χ3n) is 7.44. The van der Waals surface area contributed by atoms with Crippen molar-refractivity contribution in [3.8, 4) is 6.07 Å². The summed E-state index contributed by atoms with van der Waals surface area (Å²) in [6.07, 6.45) is 0.479. The van der Waals surface area contributed by atoms with Gasteiger partial charge in [-0.2, -0.15) is 5.26 Å². The molecule has 2 heterocycles. The van der Waals surface area contributed by atoms with E-state index in [0.717, 1.165) is 5.56 Å². The molecule has 2 saturated heterocycles. The molecular weight excluding hydrogens is 501 g/mol. The molecular formula is C26H29Cl2N3O3Si. The summed E-state index contributed by atoms with van der Waals surface area (Å²) in [4.78, 5) is 30.6. The van der Waals surface area contributed by atoms with Crippen LogP contribution in [0.1, 0.15) is 38.3 Å². The van der Waals surface area contributed by atoms with E-state index in [-0.39, 0.29) is 17.0 Å². The van der Waals surface area contributed by atoms with Crippen LogP contribution in [0.5, 0.6) is 0 Å². The fourth-order valence-corrected chi connectivity index (χ4v) is 6.52. The number of amides is 3. The third kappa shape index (κ3) is 4.61. The van der Waals surface area contributed by atoms with E-state index < -0.39 is 19.9 Å². The average molecular weight is 531 g/mol. The lowest BCUT2D eigenvalue weighted by Gasteiger charge is -2.38. The highest BCUT2D eigenvalue weighted by molar-refractivity contribution is 6.74. The van der Waals surface area contributed by atoms with Gasteiger partial charge in [-0.15, -0.1) is 0 Å². The number of carbonyl (C=O) groups excluding carboxylic acids is 2. The van der Waals surface area contributed by atoms with E-state index in [1.165, 1.54) is 4.90 Å². The molecule has 2 fully saturated rings. The first-order chi connectivity index (χ1) is 16.3. The molecule has 2 aromatic rings. The molecule has 0 saturated carbocycles. The van der Waals surface area contributed by atoms with Crippen molar-refractivity contribution < 1.29 is 14.0 Å². The molecule has 6 nitrogen and oxygen atoms in total. The monoisotopic (exact) mass is 529 g/mol. The number of hydrogen-bond donors (Lipinski definition) is 0. The van der Waals surface area contributed by atoms with Gasteiger partial charge in [0.25, 0.3) is 5.91 Å². The molecule has 9 heteroatoms. The summed E-state index contributed by atoms with van der Waals surface area (Å²) >= 11 is 12.4. The van der Waals surface area contributed by atoms with Crippen LogP contribution in [0, 0.1) is 11.3 Å². The minimum absolute atomic E-state index is 0.00207. The largest absolute Gasteiger partial charge is 0.412 e. The molecule has 0 aromatic heterocycles. The second-order valence-corrected chi connectivity index (χ2v) is 16.5. The summed E-state index contributed by atoms with van der Waals surface area (Å²) in [5, 5.41) is 9.85. The van der Waals surface area contributed by atoms with Gasteiger partial charge in [-0.3, -0.25) is 4.79 Å². The van der Waals surface area contributed by atoms with Crippen molar-refractivity contribution in [3.63, 3.8) is 0 Å². The van der Waals surface area contributed by atoms with E-state index in [1.54, 1.807) is 35.2 Å². The number of nitrogens with zero attached hydrogens (tertiary/aromatic N) is 3. The maximum absolute atomic E-state index is 14.1. The van der Waals surface area contributed by atoms with Crippen molar-refractivity contribution in [2.24, 2.45) is 0 Å². The lowest BCUT2D eigenvalue weighted by atomic mass is 9.87. The quantitative estimate of drug-likeness (QED) is 0.331. The Morgan fingerprint density at radius 2 is 1.71 bits per heavy atom. The highest BCUT2D eigenvalue weighted by atomic mass is 35.5. The molecule has 35 heavy (non-hydrogen) atoms. The number of fused-ring (bicyclic) bond motifs is 1. The number of benzene rings is 2. The summed E-state index contributed by atoms with van der Waals surface area (Å²) in [6, 6.07) is 13.6. The van der Waals surface area contributed by atoms with Crippen LogP contribution >= 0.6 is 23.2 Å². The molecule has 0 spiro atoms. The Bertz CT molecular complexity index is 1200. The van der Waals surface area contributed by atoms with E-state index in [2.05, 4.69) is 39.9 Å². The Balaban J connectivity index is 1.73. The fraction of sp³-hybridized carbons (Fsp3) is 0.423. The molecule has 3 amide bonds. The third-order valence-corrected chi connectivity index (χ3v) is 12.4. The molecule has 0 aliphatic carbocycles. The number of anilines is 1. The molecule has 0 radical (unpaired) electrons. The van der Waals surface area contributed by atoms with Crippen molar-refractivity contribution in [2.45, 2.75) is 63.4 Å². The van der Waals surface area contributed by atoms with Crippen LogP contribution in [0.4, 0.5) is 10.5 Å². The van der Waals surface area contributed by atoms with Gasteiger partial charge in [0, 0.05) is 29.4 Å². The van der Waals surface area contributed by atoms with Gasteiger partial charge in [-0.1, -0.05) is 56.1 Å². The van der Waals surface area contributed by atoms with E-state index in [0.29, 0.717) is 40.7 Å². The van der Waals surface area contributed by atoms with E-state index in [1.807, 2.05) is 12.1 Å². The molecule has 2 aromatic carbocycles. The number of halogens is 2. The zero-order valence-corrected chi connectivity index (χ0v) is 23.1. The highest BCUT2D eigenvalue weighted by Crippen LogP contribution is 2.46. The van der Waals surface area contributed by atoms with Crippen LogP contribution in [-0.4, -0.2) is 43.3 Å². The second kappa shape index (κ2) is 8.93. The maximum atomic E-state index is 14.1. The van der Waals surface area contributed by atoms with Gasteiger partial charge >= 0.3 is 6.03 Å². The first kappa shape index (κ1) is 25.7. The fourth-order valence-electron chi connectivity index (χ4n) is 4.66. The SMILES string of the molecule is CC(C)(C)[Si](C)(C)OC1CN2C(=O)N(c3cc(Cl)cc(Cl)c3)C(=O)C2(Cc2ccc(C#N)cc2)C1. The van der Waals surface area contributed by atoms with Gasteiger partial charge in [0.1, 0.15) is 5.54 Å². The Kier molecular flexibility index (Phi) is 6.56. The summed E-state index contributed by atoms with van der Waals surface area (Å²) in [7, 11) is -2.13. The Labute approximate surface area is 217 Å². The smallest absolute Gasteiger partial charge is 0.332 e. The molecule has 0 bridgehead atoms. The van der Waals surface area contributed by atoms with Crippen LogP contribution in [0.2, 0.25) is 28.2 Å². The number of rotatable bonds is 5. The summed E-state index contributed by atoms with van der Waals surface area (Å²) in [6.45, 7) is 11.2. The Morgan fingerprint density at radius 3 is 2.26 bits per heavy atom. The van der Waals surface area contributed by atoms with Crippen LogP contribution in [0.25, 0.3) is 0 Å². The van der Waals surface area contributed by atoms with E-state index in [9.17, 15) is 9.59 Å². The van der Waals surface area contributed by atoms with Crippen molar-refractivity contribution in [3.05, 3.63) is 63.6 Å². The number of hydrogen-bond acceptors (Lipinski definition) is 4. The van der Waals surface area contributed by atoms with E-state index in [4.69, 9.17) is 32.9 Å². The summed E-state index contributed by atoms with van der Waals surface area (Å²) < 4.78 is 6.66. The Morgan fingerprint density at radius 1 is 1.11 bits per heavy atom. The van der Waals surface area contributed by atoms with Gasteiger partial charge in [0.15, 0.2) is 8.32 Å². The predicted octanol–water partition coefficient (Wildman–Crippen LogP) is 6.41. The van der Waals surface area contributed by atoms with Crippen molar-refractivity contribution in [2.75, 3.05) is 11.4 Å². The van der Waals surface area contributed by atoms with Gasteiger partial charge in [-0.25, -0.2) is 9.69 Å². The van der Waals surface area contributed by atoms with Crippen LogP contribution in [0.3, 0.4) is 0 Å². The first-order valence-electron chi connectivity index (χ1n) is 11.6. The molecule has 184 valence electrons. The lowest BCUT2D eigenvalue weighted by Crippen LogP contribution is -2.47. The zero-order valence-electron chi connectivity index (χ0n) is 20.6. The predicted molar refractivity (Wildman–Crippen MR) is 140 cm³/mol. The van der Waals surface area contributed by atoms with E-state index >= 15 is 0 Å². The number of imide groups is 1. The van der Waals surface area contributed by atoms with Crippen LogP contribution in [-0.2, 0) is 15.6 Å². The normalized spacial score (nSPS) is 22.5. The van der Waals surface area contributed by atoms with Gasteiger partial charge < -0.3 is 9.33 Å². The molecule has 2 unspecified atom stereocenters. The highest BCUT2D eigenvalue weighted by Gasteiger charge is 2.63. The molecule has 2 aliphatic heterocycles. The lowest BCUT2D eigenvalue weighted by molar-refractivity contribution is -0.124. The zero-order chi connectivity index (χ0) is 25.8. The van der Waals surface area contributed by atoms with Crippen molar-refractivity contribution >= 4 is 49.1 Å². The number of nitriles is 1. The minimum atomic E-state index is -2.13. The summed E-state index contributed by atoms with van der Waals surface area (Å²) in [5.41, 5.74) is 0.673. The molecule has 0 N–H and O–H groups in total. The Hall–Kier alpha value is -2.37. The molecule has 2 atom stereocenters. The summed E-state index contributed by atoms with van der Waals surface area (Å²) in [5.74, 6) is -0.313. The van der Waals surface area contributed by atoms with Gasteiger partial charge in [0.2, 0.25) is 0 Å². The molecule has 4 rings (SSSR count). The number of urea groups is 1. The maximum Gasteiger partial charge on any atom is 0.332 e. The van der Waals surface area contributed by atoms with Gasteiger partial charge in [0.05, 0.1) is 23.4 Å². The van der Waals surface area contributed by atoms with Crippen molar-refractivity contribution in [1.82, 2.24) is 4.90 Å².